The largest absolute Gasteiger partial charge is 0.469 e. The number of rotatable bonds is 8. The molecule has 1 aromatic carbocycles. The molecule has 21 heavy (non-hydrogen) atoms. The number of methoxy groups -OCH3 is 1. The summed E-state index contributed by atoms with van der Waals surface area (Å²) in [5.41, 5.74) is 1.87. The van der Waals surface area contributed by atoms with Crippen LogP contribution in [-0.2, 0) is 9.53 Å². The van der Waals surface area contributed by atoms with Crippen molar-refractivity contribution in [3.8, 4) is 0 Å². The van der Waals surface area contributed by atoms with E-state index >= 15 is 0 Å². The van der Waals surface area contributed by atoms with Gasteiger partial charge in [0.15, 0.2) is 5.78 Å². The summed E-state index contributed by atoms with van der Waals surface area (Å²) in [4.78, 5) is 24.5. The maximum Gasteiger partial charge on any atom is 0.305 e. The molecule has 116 valence electrons. The minimum atomic E-state index is -0.263. The molecule has 0 atom stereocenters. The zero-order chi connectivity index (χ0) is 15.8. The van der Waals surface area contributed by atoms with Crippen LogP contribution in [0.2, 0.25) is 0 Å². The molecule has 0 heterocycles. The predicted octanol–water partition coefficient (Wildman–Crippen LogP) is 4.27. The van der Waals surface area contributed by atoms with Crippen LogP contribution in [0, 0.1) is 12.8 Å². The van der Waals surface area contributed by atoms with Gasteiger partial charge in [0.1, 0.15) is 0 Å². The summed E-state index contributed by atoms with van der Waals surface area (Å²) in [5, 5.41) is 0. The average Bonchev–Trinajstić information content (AvgIpc) is 2.45. The summed E-state index contributed by atoms with van der Waals surface area (Å²) in [6.45, 7) is 6.32. The minimum Gasteiger partial charge on any atom is -0.469 e. The third-order valence-corrected chi connectivity index (χ3v) is 4.52. The van der Waals surface area contributed by atoms with Gasteiger partial charge in [0.2, 0.25) is 0 Å². The number of carbonyl (C=O) groups is 2. The molecule has 0 bridgehead atoms. The smallest absolute Gasteiger partial charge is 0.305 e. The van der Waals surface area contributed by atoms with Crippen LogP contribution in [0.4, 0.5) is 0 Å². The van der Waals surface area contributed by atoms with E-state index in [0.717, 1.165) is 21.8 Å². The third kappa shape index (κ3) is 6.34. The van der Waals surface area contributed by atoms with Crippen LogP contribution >= 0.6 is 11.8 Å². The molecule has 4 heteroatoms. The molecule has 0 saturated carbocycles. The first-order valence-electron chi connectivity index (χ1n) is 7.27. The van der Waals surface area contributed by atoms with E-state index in [0.29, 0.717) is 25.2 Å². The Labute approximate surface area is 131 Å². The van der Waals surface area contributed by atoms with Crippen LogP contribution in [0.3, 0.4) is 0 Å². The summed E-state index contributed by atoms with van der Waals surface area (Å²) >= 11 is 1.72. The minimum absolute atomic E-state index is 0.105. The fraction of sp³-hybridized carbons (Fsp3) is 0.529. The number of esters is 1. The third-order valence-electron chi connectivity index (χ3n) is 3.02. The van der Waals surface area contributed by atoms with E-state index in [1.54, 1.807) is 11.8 Å². The number of carbonyl (C=O) groups excluding carboxylic acids is 2. The van der Waals surface area contributed by atoms with E-state index in [4.69, 9.17) is 0 Å². The number of aryl methyl sites for hydroxylation is 1. The Morgan fingerprint density at radius 1 is 1.24 bits per heavy atom. The van der Waals surface area contributed by atoms with E-state index < -0.39 is 0 Å². The summed E-state index contributed by atoms with van der Waals surface area (Å²) in [5.74, 6) is 1.42. The zero-order valence-electron chi connectivity index (χ0n) is 13.3. The van der Waals surface area contributed by atoms with Gasteiger partial charge in [0.05, 0.1) is 7.11 Å². The number of thioether (sulfide) groups is 1. The van der Waals surface area contributed by atoms with Crippen molar-refractivity contribution in [2.24, 2.45) is 5.92 Å². The van der Waals surface area contributed by atoms with Gasteiger partial charge in [-0.2, -0.15) is 0 Å². The van der Waals surface area contributed by atoms with E-state index in [-0.39, 0.29) is 11.8 Å². The van der Waals surface area contributed by atoms with Gasteiger partial charge in [0.25, 0.3) is 0 Å². The molecule has 0 unspecified atom stereocenters. The van der Waals surface area contributed by atoms with Crippen molar-refractivity contribution in [1.29, 1.82) is 0 Å². The van der Waals surface area contributed by atoms with Crippen LogP contribution in [0.25, 0.3) is 0 Å². The summed E-state index contributed by atoms with van der Waals surface area (Å²) in [6.07, 6.45) is 1.21. The summed E-state index contributed by atoms with van der Waals surface area (Å²) < 4.78 is 4.59. The van der Waals surface area contributed by atoms with Crippen molar-refractivity contribution >= 4 is 23.5 Å². The Morgan fingerprint density at radius 2 is 1.95 bits per heavy atom. The van der Waals surface area contributed by atoms with Gasteiger partial charge in [-0.25, -0.2) is 0 Å². The number of benzene rings is 1. The van der Waals surface area contributed by atoms with Crippen LogP contribution in [-0.4, -0.2) is 24.6 Å². The van der Waals surface area contributed by atoms with Gasteiger partial charge in [-0.05, 0) is 31.4 Å². The molecule has 0 spiro atoms. The normalized spacial score (nSPS) is 10.7. The number of hydrogen-bond acceptors (Lipinski definition) is 4. The first-order chi connectivity index (χ1) is 9.93. The van der Waals surface area contributed by atoms with Gasteiger partial charge in [-0.15, -0.1) is 11.8 Å². The lowest BCUT2D eigenvalue weighted by atomic mass is 10.0. The van der Waals surface area contributed by atoms with Crippen LogP contribution in [0.1, 0.15) is 49.0 Å². The molecule has 0 N–H and O–H groups in total. The van der Waals surface area contributed by atoms with E-state index in [9.17, 15) is 9.59 Å². The molecule has 0 fully saturated rings. The molecule has 0 aliphatic carbocycles. The predicted molar refractivity (Wildman–Crippen MR) is 86.9 cm³/mol. The lowest BCUT2D eigenvalue weighted by Gasteiger charge is -2.11. The SMILES string of the molecule is COC(=O)CCCC(=O)c1cc(C)ccc1SCC(C)C. The van der Waals surface area contributed by atoms with Crippen molar-refractivity contribution in [3.05, 3.63) is 29.3 Å². The van der Waals surface area contributed by atoms with Gasteiger partial charge >= 0.3 is 5.97 Å². The second kappa shape index (κ2) is 8.88. The van der Waals surface area contributed by atoms with Crippen molar-refractivity contribution in [3.63, 3.8) is 0 Å². The first-order valence-corrected chi connectivity index (χ1v) is 8.26. The van der Waals surface area contributed by atoms with Gasteiger partial charge in [-0.3, -0.25) is 9.59 Å². The Hall–Kier alpha value is -1.29. The van der Waals surface area contributed by atoms with Crippen LogP contribution in [0.5, 0.6) is 0 Å². The molecule has 0 radical (unpaired) electrons. The van der Waals surface area contributed by atoms with Crippen LogP contribution in [0.15, 0.2) is 23.1 Å². The number of ketones is 1. The zero-order valence-corrected chi connectivity index (χ0v) is 14.1. The fourth-order valence-corrected chi connectivity index (χ4v) is 2.88. The van der Waals surface area contributed by atoms with Crippen molar-refractivity contribution in [2.45, 2.75) is 44.9 Å². The second-order valence-corrected chi connectivity index (χ2v) is 6.62. The van der Waals surface area contributed by atoms with Crippen molar-refractivity contribution in [1.82, 2.24) is 0 Å². The van der Waals surface area contributed by atoms with Gasteiger partial charge in [-0.1, -0.05) is 25.5 Å². The highest BCUT2D eigenvalue weighted by molar-refractivity contribution is 7.99. The summed E-state index contributed by atoms with van der Waals surface area (Å²) in [7, 11) is 1.37. The molecule has 1 aromatic rings. The van der Waals surface area contributed by atoms with E-state index in [1.807, 2.05) is 25.1 Å². The summed E-state index contributed by atoms with van der Waals surface area (Å²) in [6, 6.07) is 6.01. The highest BCUT2D eigenvalue weighted by Crippen LogP contribution is 2.27. The fourth-order valence-electron chi connectivity index (χ4n) is 1.87. The lowest BCUT2D eigenvalue weighted by molar-refractivity contribution is -0.140. The molecular weight excluding hydrogens is 284 g/mol. The maximum atomic E-state index is 12.4. The average molecular weight is 308 g/mol. The Bertz CT molecular complexity index is 495. The van der Waals surface area contributed by atoms with E-state index in [2.05, 4.69) is 18.6 Å². The van der Waals surface area contributed by atoms with Crippen molar-refractivity contribution < 1.29 is 14.3 Å². The Morgan fingerprint density at radius 3 is 2.57 bits per heavy atom. The Kier molecular flexibility index (Phi) is 7.51. The first kappa shape index (κ1) is 17.8. The highest BCUT2D eigenvalue weighted by Gasteiger charge is 2.13. The van der Waals surface area contributed by atoms with Gasteiger partial charge in [0, 0.05) is 29.1 Å². The molecule has 3 nitrogen and oxygen atoms in total. The molecule has 0 saturated heterocycles. The number of ether oxygens (including phenoxy) is 1. The standard InChI is InChI=1S/C17H24O3S/c1-12(2)11-21-16-9-8-13(3)10-14(16)15(18)6-5-7-17(19)20-4/h8-10,12H,5-7,11H2,1-4H3. The number of hydrogen-bond donors (Lipinski definition) is 0. The van der Waals surface area contributed by atoms with Gasteiger partial charge < -0.3 is 4.74 Å². The molecule has 1 rings (SSSR count). The molecule has 0 aliphatic heterocycles. The monoisotopic (exact) mass is 308 g/mol. The van der Waals surface area contributed by atoms with Crippen LogP contribution < -0.4 is 0 Å². The highest BCUT2D eigenvalue weighted by atomic mass is 32.2. The number of Topliss-reactive ketones (excluding diaryl/α,β-unsaturated/α-hetero) is 1. The second-order valence-electron chi connectivity index (χ2n) is 5.56. The quantitative estimate of drug-likeness (QED) is 0.409. The molecule has 0 aliphatic rings. The maximum absolute atomic E-state index is 12.4. The lowest BCUT2D eigenvalue weighted by Crippen LogP contribution is -2.05. The van der Waals surface area contributed by atoms with Crippen molar-refractivity contribution in [2.75, 3.05) is 12.9 Å². The Balaban J connectivity index is 2.72. The topological polar surface area (TPSA) is 43.4 Å². The molecule has 0 aromatic heterocycles. The molecular formula is C17H24O3S. The molecule has 0 amide bonds. The van der Waals surface area contributed by atoms with E-state index in [1.165, 1.54) is 7.11 Å².